The maximum Gasteiger partial charge on any atom is 0.335 e. The highest BCUT2D eigenvalue weighted by Crippen LogP contribution is 2.48. The van der Waals surface area contributed by atoms with E-state index >= 15 is 0 Å². The van der Waals surface area contributed by atoms with Gasteiger partial charge in [0.2, 0.25) is 10.0 Å². The van der Waals surface area contributed by atoms with E-state index in [0.717, 1.165) is 12.8 Å². The molecule has 1 saturated carbocycles. The quantitative estimate of drug-likeness (QED) is 0.700. The highest BCUT2D eigenvalue weighted by Gasteiger charge is 2.42. The Balaban J connectivity index is 2.20. The zero-order valence-electron chi connectivity index (χ0n) is 11.8. The molecular weight excluding hydrogens is 294 g/mol. The molecule has 2 rings (SSSR count). The zero-order chi connectivity index (χ0) is 15.7. The summed E-state index contributed by atoms with van der Waals surface area (Å²) in [5, 5.41) is 18.0. The van der Waals surface area contributed by atoms with E-state index in [9.17, 15) is 13.2 Å². The number of benzene rings is 1. The zero-order valence-corrected chi connectivity index (χ0v) is 12.6. The summed E-state index contributed by atoms with van der Waals surface area (Å²) in [7, 11) is -3.75. The lowest BCUT2D eigenvalue weighted by molar-refractivity contribution is 0.0695. The molecule has 1 aliphatic carbocycles. The summed E-state index contributed by atoms with van der Waals surface area (Å²) < 4.78 is 27.2. The minimum absolute atomic E-state index is 0.0119. The Morgan fingerprint density at radius 1 is 1.38 bits per heavy atom. The summed E-state index contributed by atoms with van der Waals surface area (Å²) in [5.41, 5.74) is 0.0685. The van der Waals surface area contributed by atoms with Crippen molar-refractivity contribution < 1.29 is 23.4 Å². The molecule has 6 nitrogen and oxygen atoms in total. The number of carboxylic acids is 1. The van der Waals surface area contributed by atoms with Gasteiger partial charge < -0.3 is 10.2 Å². The molecule has 0 aromatic heterocycles. The molecule has 0 heterocycles. The summed E-state index contributed by atoms with van der Waals surface area (Å²) in [5.74, 6) is -1.15. The van der Waals surface area contributed by atoms with Crippen molar-refractivity contribution in [1.29, 1.82) is 0 Å². The van der Waals surface area contributed by atoms with Gasteiger partial charge in [-0.3, -0.25) is 0 Å². The Morgan fingerprint density at radius 2 is 2.05 bits per heavy atom. The first-order valence-electron chi connectivity index (χ1n) is 6.75. The molecule has 1 aromatic carbocycles. The third kappa shape index (κ3) is 3.42. The smallest absolute Gasteiger partial charge is 0.335 e. The second-order valence-corrected chi connectivity index (χ2v) is 7.27. The van der Waals surface area contributed by atoms with Crippen LogP contribution in [0.5, 0.6) is 0 Å². The van der Waals surface area contributed by atoms with E-state index < -0.39 is 16.0 Å². The Hall–Kier alpha value is -1.44. The molecule has 0 aliphatic heterocycles. The monoisotopic (exact) mass is 313 g/mol. The number of aromatic carboxylic acids is 1. The van der Waals surface area contributed by atoms with Crippen molar-refractivity contribution in [2.24, 2.45) is 5.41 Å². The molecule has 1 aliphatic rings. The van der Waals surface area contributed by atoms with Gasteiger partial charge in [0.1, 0.15) is 0 Å². The van der Waals surface area contributed by atoms with E-state index in [1.54, 1.807) is 0 Å². The van der Waals surface area contributed by atoms with Crippen LogP contribution in [0.1, 0.15) is 35.2 Å². The van der Waals surface area contributed by atoms with Crippen LogP contribution in [0, 0.1) is 12.3 Å². The molecule has 0 amide bonds. The van der Waals surface area contributed by atoms with Crippen LogP contribution in [-0.4, -0.2) is 37.8 Å². The van der Waals surface area contributed by atoms with Crippen LogP contribution in [0.4, 0.5) is 0 Å². The number of nitrogens with one attached hydrogen (secondary N) is 1. The number of hydrogen-bond donors (Lipinski definition) is 3. The standard InChI is InChI=1S/C14H19NO5S/c1-10-11(13(17)18)3-2-4-12(10)21(19,20)15-9-14(5-6-14)7-8-16/h2-4,15-16H,5-9H2,1H3,(H,17,18). The first-order chi connectivity index (χ1) is 9.81. The lowest BCUT2D eigenvalue weighted by Crippen LogP contribution is -2.31. The molecule has 0 unspecified atom stereocenters. The van der Waals surface area contributed by atoms with Crippen molar-refractivity contribution in [2.75, 3.05) is 13.2 Å². The molecule has 0 radical (unpaired) electrons. The summed E-state index contributed by atoms with van der Waals surface area (Å²) in [6, 6.07) is 4.20. The number of rotatable bonds is 7. The summed E-state index contributed by atoms with van der Waals surface area (Å²) >= 11 is 0. The van der Waals surface area contributed by atoms with E-state index in [0.29, 0.717) is 6.42 Å². The summed E-state index contributed by atoms with van der Waals surface area (Å²) in [6.07, 6.45) is 2.36. The van der Waals surface area contributed by atoms with E-state index in [2.05, 4.69) is 4.72 Å². The second-order valence-electron chi connectivity index (χ2n) is 5.53. The highest BCUT2D eigenvalue weighted by atomic mass is 32.2. The number of carboxylic acid groups (broad SMARTS) is 1. The molecule has 1 aromatic rings. The molecule has 7 heteroatoms. The van der Waals surface area contributed by atoms with Crippen molar-refractivity contribution in [3.05, 3.63) is 29.3 Å². The maximum atomic E-state index is 12.3. The van der Waals surface area contributed by atoms with Gasteiger partial charge in [-0.2, -0.15) is 0 Å². The first-order valence-corrected chi connectivity index (χ1v) is 8.23. The molecule has 0 atom stereocenters. The molecular formula is C14H19NO5S. The largest absolute Gasteiger partial charge is 0.478 e. The van der Waals surface area contributed by atoms with Crippen LogP contribution < -0.4 is 4.72 Å². The maximum absolute atomic E-state index is 12.3. The average molecular weight is 313 g/mol. The topological polar surface area (TPSA) is 104 Å². The normalized spacial score (nSPS) is 16.7. The lowest BCUT2D eigenvalue weighted by Gasteiger charge is -2.16. The summed E-state index contributed by atoms with van der Waals surface area (Å²) in [4.78, 5) is 11.1. The number of carbonyl (C=O) groups is 1. The van der Waals surface area contributed by atoms with Crippen molar-refractivity contribution in [1.82, 2.24) is 4.72 Å². The second kappa shape index (κ2) is 5.75. The van der Waals surface area contributed by atoms with Crippen molar-refractivity contribution >= 4 is 16.0 Å². The third-order valence-corrected chi connectivity index (χ3v) is 5.59. The fraction of sp³-hybridized carbons (Fsp3) is 0.500. The van der Waals surface area contributed by atoms with Crippen LogP contribution in [0.25, 0.3) is 0 Å². The van der Waals surface area contributed by atoms with Gasteiger partial charge in [0.25, 0.3) is 0 Å². The molecule has 1 fully saturated rings. The molecule has 3 N–H and O–H groups in total. The molecule has 116 valence electrons. The average Bonchev–Trinajstić information content (AvgIpc) is 3.17. The lowest BCUT2D eigenvalue weighted by atomic mass is 10.0. The number of sulfonamides is 1. The third-order valence-electron chi connectivity index (χ3n) is 4.04. The van der Waals surface area contributed by atoms with Gasteiger partial charge in [0, 0.05) is 13.2 Å². The Bertz CT molecular complexity index is 649. The minimum atomic E-state index is -3.75. The molecule has 0 saturated heterocycles. The van der Waals surface area contributed by atoms with Gasteiger partial charge in [-0.25, -0.2) is 17.9 Å². The van der Waals surface area contributed by atoms with Crippen molar-refractivity contribution in [2.45, 2.75) is 31.1 Å². The van der Waals surface area contributed by atoms with Crippen LogP contribution in [-0.2, 0) is 10.0 Å². The summed E-state index contributed by atoms with van der Waals surface area (Å²) in [6.45, 7) is 1.79. The SMILES string of the molecule is Cc1c(C(=O)O)cccc1S(=O)(=O)NCC1(CCO)CC1. The van der Waals surface area contributed by atoms with E-state index in [-0.39, 0.29) is 34.6 Å². The van der Waals surface area contributed by atoms with Crippen molar-refractivity contribution in [3.63, 3.8) is 0 Å². The van der Waals surface area contributed by atoms with Crippen LogP contribution in [0.15, 0.2) is 23.1 Å². The Labute approximate surface area is 123 Å². The van der Waals surface area contributed by atoms with Crippen molar-refractivity contribution in [3.8, 4) is 0 Å². The van der Waals surface area contributed by atoms with Crippen LogP contribution in [0.3, 0.4) is 0 Å². The van der Waals surface area contributed by atoms with Crippen LogP contribution in [0.2, 0.25) is 0 Å². The number of aliphatic hydroxyl groups excluding tert-OH is 1. The highest BCUT2D eigenvalue weighted by molar-refractivity contribution is 7.89. The van der Waals surface area contributed by atoms with Gasteiger partial charge >= 0.3 is 5.97 Å². The van der Waals surface area contributed by atoms with Gasteiger partial charge in [-0.05, 0) is 49.3 Å². The molecule has 0 bridgehead atoms. The first kappa shape index (κ1) is 15.9. The predicted octanol–water partition coefficient (Wildman–Crippen LogP) is 1.13. The van der Waals surface area contributed by atoms with Gasteiger partial charge in [-0.15, -0.1) is 0 Å². The van der Waals surface area contributed by atoms with Gasteiger partial charge in [0.15, 0.2) is 0 Å². The van der Waals surface area contributed by atoms with E-state index in [4.69, 9.17) is 10.2 Å². The Morgan fingerprint density at radius 3 is 2.57 bits per heavy atom. The van der Waals surface area contributed by atoms with E-state index in [1.165, 1.54) is 25.1 Å². The minimum Gasteiger partial charge on any atom is -0.478 e. The Kier molecular flexibility index (Phi) is 4.36. The molecule has 21 heavy (non-hydrogen) atoms. The number of hydrogen-bond acceptors (Lipinski definition) is 4. The fourth-order valence-electron chi connectivity index (χ4n) is 2.39. The van der Waals surface area contributed by atoms with E-state index in [1.807, 2.05) is 0 Å². The van der Waals surface area contributed by atoms with Gasteiger partial charge in [0.05, 0.1) is 10.5 Å². The number of aliphatic hydroxyl groups is 1. The van der Waals surface area contributed by atoms with Gasteiger partial charge in [-0.1, -0.05) is 6.07 Å². The molecule has 0 spiro atoms. The van der Waals surface area contributed by atoms with Crippen LogP contribution >= 0.6 is 0 Å². The predicted molar refractivity (Wildman–Crippen MR) is 76.7 cm³/mol. The fourth-order valence-corrected chi connectivity index (χ4v) is 3.81.